The third-order valence-electron chi connectivity index (χ3n) is 6.98. The van der Waals surface area contributed by atoms with Crippen LogP contribution in [0.2, 0.25) is 5.15 Å². The Hall–Kier alpha value is -4.81. The fourth-order valence-corrected chi connectivity index (χ4v) is 5.17. The van der Waals surface area contributed by atoms with Crippen molar-refractivity contribution >= 4 is 40.0 Å². The molecular weight excluding hydrogens is 538 g/mol. The van der Waals surface area contributed by atoms with Crippen molar-refractivity contribution in [1.82, 2.24) is 19.5 Å². The lowest BCUT2D eigenvalue weighted by Crippen LogP contribution is -2.25. The highest BCUT2D eigenvalue weighted by Crippen LogP contribution is 2.36. The van der Waals surface area contributed by atoms with E-state index in [1.165, 1.54) is 0 Å². The van der Waals surface area contributed by atoms with Crippen molar-refractivity contribution in [1.29, 1.82) is 5.26 Å². The number of aryl methyl sites for hydroxylation is 2. The number of nitrogens with zero attached hydrogens (tertiary/aromatic N) is 7. The van der Waals surface area contributed by atoms with E-state index in [-0.39, 0.29) is 10.8 Å². The van der Waals surface area contributed by atoms with Crippen LogP contribution in [-0.2, 0) is 20.1 Å². The summed E-state index contributed by atoms with van der Waals surface area (Å²) in [5.74, 6) is 2.99. The molecule has 0 aliphatic heterocycles. The van der Waals surface area contributed by atoms with Crippen molar-refractivity contribution in [2.24, 2.45) is 7.05 Å². The summed E-state index contributed by atoms with van der Waals surface area (Å²) in [6.07, 6.45) is 1.79. The number of rotatable bonds is 9. The van der Waals surface area contributed by atoms with Gasteiger partial charge in [-0.2, -0.15) is 5.26 Å². The maximum absolute atomic E-state index is 9.33. The van der Waals surface area contributed by atoms with Crippen molar-refractivity contribution in [3.8, 4) is 17.6 Å². The van der Waals surface area contributed by atoms with Gasteiger partial charge in [-0.3, -0.25) is 0 Å². The molecule has 0 spiro atoms. The van der Waals surface area contributed by atoms with E-state index in [1.807, 2.05) is 60.8 Å². The van der Waals surface area contributed by atoms with Gasteiger partial charge >= 0.3 is 0 Å². The molecule has 3 heterocycles. The number of anilines is 3. The predicted octanol–water partition coefficient (Wildman–Crippen LogP) is 6.19. The average Bonchev–Trinajstić information content (AvgIpc) is 3.37. The van der Waals surface area contributed by atoms with Crippen LogP contribution in [0.3, 0.4) is 0 Å². The van der Waals surface area contributed by atoms with Crippen LogP contribution in [0.25, 0.3) is 11.0 Å². The lowest BCUT2D eigenvalue weighted by atomic mass is 10.1. The number of benzene rings is 2. The number of fused-ring (bicyclic) bond motifs is 1. The van der Waals surface area contributed by atoms with E-state index in [2.05, 4.69) is 40.2 Å². The Kier molecular flexibility index (Phi) is 7.95. The van der Waals surface area contributed by atoms with Gasteiger partial charge in [0.25, 0.3) is 0 Å². The maximum atomic E-state index is 9.33. The zero-order valence-electron chi connectivity index (χ0n) is 23.6. The first kappa shape index (κ1) is 27.7. The first-order valence-corrected chi connectivity index (χ1v) is 13.3. The molecule has 41 heavy (non-hydrogen) atoms. The second kappa shape index (κ2) is 11.7. The summed E-state index contributed by atoms with van der Waals surface area (Å²) >= 11 is 6.57. The van der Waals surface area contributed by atoms with E-state index in [0.29, 0.717) is 24.6 Å². The second-order valence-corrected chi connectivity index (χ2v) is 10.1. The molecule has 0 N–H and O–H groups in total. The molecule has 5 rings (SSSR count). The molecule has 3 aromatic heterocycles. The molecule has 0 aliphatic carbocycles. The van der Waals surface area contributed by atoms with Crippen LogP contribution in [-0.4, -0.2) is 40.8 Å². The van der Waals surface area contributed by atoms with Crippen LogP contribution in [0.5, 0.6) is 11.5 Å². The van der Waals surface area contributed by atoms with Crippen molar-refractivity contribution < 1.29 is 9.47 Å². The van der Waals surface area contributed by atoms with Crippen LogP contribution in [0.1, 0.15) is 22.4 Å². The SMILES string of the molecule is COc1ccc(CN(Cc2ccc(OC)cc2)c2nc(N(C)c3c(C)cc(C#N)nc3Cl)cc3c2ncn3C)cc1. The van der Waals surface area contributed by atoms with Crippen LogP contribution in [0.15, 0.2) is 67.0 Å². The highest BCUT2D eigenvalue weighted by atomic mass is 35.5. The zero-order valence-corrected chi connectivity index (χ0v) is 24.3. The number of methoxy groups -OCH3 is 2. The van der Waals surface area contributed by atoms with Gasteiger partial charge in [-0.15, -0.1) is 0 Å². The van der Waals surface area contributed by atoms with Gasteiger partial charge in [-0.1, -0.05) is 35.9 Å². The number of ether oxygens (including phenoxy) is 2. The van der Waals surface area contributed by atoms with Gasteiger partial charge in [-0.05, 0) is 53.9 Å². The molecule has 0 fully saturated rings. The van der Waals surface area contributed by atoms with E-state index in [1.54, 1.807) is 26.6 Å². The van der Waals surface area contributed by atoms with Gasteiger partial charge in [-0.25, -0.2) is 15.0 Å². The summed E-state index contributed by atoms with van der Waals surface area (Å²) in [4.78, 5) is 18.3. The van der Waals surface area contributed by atoms with Crippen molar-refractivity contribution in [2.75, 3.05) is 31.1 Å². The number of hydrogen-bond donors (Lipinski definition) is 0. The van der Waals surface area contributed by atoms with Crippen LogP contribution in [0.4, 0.5) is 17.3 Å². The molecule has 208 valence electrons. The normalized spacial score (nSPS) is 10.9. The highest BCUT2D eigenvalue weighted by molar-refractivity contribution is 6.32. The highest BCUT2D eigenvalue weighted by Gasteiger charge is 2.22. The third-order valence-corrected chi connectivity index (χ3v) is 7.24. The number of aromatic nitrogens is 4. The average molecular weight is 568 g/mol. The summed E-state index contributed by atoms with van der Waals surface area (Å²) < 4.78 is 12.7. The Morgan fingerprint density at radius 1 is 0.927 bits per heavy atom. The number of halogens is 1. The Morgan fingerprint density at radius 3 is 2.02 bits per heavy atom. The quantitative estimate of drug-likeness (QED) is 0.195. The van der Waals surface area contributed by atoms with E-state index in [0.717, 1.165) is 45.0 Å². The monoisotopic (exact) mass is 567 g/mol. The number of pyridine rings is 2. The number of imidazole rings is 1. The Bertz CT molecular complexity index is 1650. The Balaban J connectivity index is 1.63. The summed E-state index contributed by atoms with van der Waals surface area (Å²) in [6, 6.07) is 21.8. The van der Waals surface area contributed by atoms with Gasteiger partial charge in [0.1, 0.15) is 34.6 Å². The molecule has 9 nitrogen and oxygen atoms in total. The summed E-state index contributed by atoms with van der Waals surface area (Å²) in [6.45, 7) is 3.07. The van der Waals surface area contributed by atoms with Crippen LogP contribution >= 0.6 is 11.6 Å². The van der Waals surface area contributed by atoms with Crippen LogP contribution < -0.4 is 19.3 Å². The summed E-state index contributed by atoms with van der Waals surface area (Å²) in [5, 5.41) is 9.57. The molecule has 2 aromatic carbocycles. The Labute approximate surface area is 244 Å². The topological polar surface area (TPSA) is 92.3 Å². The van der Waals surface area contributed by atoms with Crippen LogP contribution in [0, 0.1) is 18.3 Å². The summed E-state index contributed by atoms with van der Waals surface area (Å²) in [7, 11) is 7.17. The minimum absolute atomic E-state index is 0.242. The predicted molar refractivity (Wildman–Crippen MR) is 161 cm³/mol. The van der Waals surface area contributed by atoms with Crippen molar-refractivity contribution in [3.63, 3.8) is 0 Å². The molecular formula is C31H30ClN7O2. The van der Waals surface area contributed by atoms with Gasteiger partial charge in [0.15, 0.2) is 11.0 Å². The fourth-order valence-electron chi connectivity index (χ4n) is 4.80. The molecule has 0 radical (unpaired) electrons. The lowest BCUT2D eigenvalue weighted by Gasteiger charge is -2.27. The Morgan fingerprint density at radius 2 is 1.51 bits per heavy atom. The molecule has 0 saturated carbocycles. The smallest absolute Gasteiger partial charge is 0.159 e. The second-order valence-electron chi connectivity index (χ2n) is 9.71. The fraction of sp³-hybridized carbons (Fsp3) is 0.226. The van der Waals surface area contributed by atoms with Crippen molar-refractivity contribution in [3.05, 3.63) is 94.5 Å². The summed E-state index contributed by atoms with van der Waals surface area (Å²) in [5.41, 5.74) is 5.67. The minimum atomic E-state index is 0.242. The van der Waals surface area contributed by atoms with Gasteiger partial charge in [0.2, 0.25) is 0 Å². The largest absolute Gasteiger partial charge is 0.497 e. The minimum Gasteiger partial charge on any atom is -0.497 e. The molecule has 0 atom stereocenters. The molecule has 0 bridgehead atoms. The van der Waals surface area contributed by atoms with Gasteiger partial charge < -0.3 is 23.8 Å². The standard InChI is InChI=1S/C31H30ClN7O2/c1-20-14-23(16-33)35-30(32)29(20)38(3)27-15-26-28(34-19-37(26)2)31(36-27)39(17-21-6-10-24(40-4)11-7-21)18-22-8-12-25(41-5)13-9-22/h6-15,19H,17-18H2,1-5H3. The lowest BCUT2D eigenvalue weighted by molar-refractivity contribution is 0.414. The van der Waals surface area contributed by atoms with Gasteiger partial charge in [0, 0.05) is 33.3 Å². The molecule has 0 unspecified atom stereocenters. The molecule has 10 heteroatoms. The zero-order chi connectivity index (χ0) is 29.1. The molecule has 5 aromatic rings. The van der Waals surface area contributed by atoms with Gasteiger partial charge in [0.05, 0.1) is 31.8 Å². The maximum Gasteiger partial charge on any atom is 0.159 e. The molecule has 0 aliphatic rings. The van der Waals surface area contributed by atoms with Crippen molar-refractivity contribution in [2.45, 2.75) is 20.0 Å². The van der Waals surface area contributed by atoms with E-state index >= 15 is 0 Å². The first-order chi connectivity index (χ1) is 19.8. The van der Waals surface area contributed by atoms with E-state index in [4.69, 9.17) is 31.0 Å². The number of nitriles is 1. The van der Waals surface area contributed by atoms with E-state index < -0.39 is 0 Å². The molecule has 0 amide bonds. The third kappa shape index (κ3) is 5.74. The molecule has 0 saturated heterocycles. The van der Waals surface area contributed by atoms with E-state index in [9.17, 15) is 5.26 Å². The first-order valence-electron chi connectivity index (χ1n) is 12.9. The number of hydrogen-bond acceptors (Lipinski definition) is 8.